The summed E-state index contributed by atoms with van der Waals surface area (Å²) in [5.41, 5.74) is 4.89. The molecule has 0 saturated carbocycles. The van der Waals surface area contributed by atoms with Crippen LogP contribution in [0.25, 0.3) is 0 Å². The Kier molecular flexibility index (Phi) is 7.14. The maximum absolute atomic E-state index is 12.3. The average molecular weight is 471 g/mol. The number of ether oxygens (including phenoxy) is 3. The predicted octanol–water partition coefficient (Wildman–Crippen LogP) is 5.04. The number of carbonyl (C=O) groups excluding carboxylic acids is 1. The summed E-state index contributed by atoms with van der Waals surface area (Å²) in [6, 6.07) is 18.1. The van der Waals surface area contributed by atoms with Crippen molar-refractivity contribution in [1.82, 2.24) is 5.43 Å². The highest BCUT2D eigenvalue weighted by atomic mass is 35.5. The molecule has 8 heteroatoms. The molecule has 0 fully saturated rings. The molecule has 164 valence electrons. The van der Waals surface area contributed by atoms with Crippen LogP contribution in [0.4, 0.5) is 0 Å². The molecule has 32 heavy (non-hydrogen) atoms. The Morgan fingerprint density at radius 1 is 1.03 bits per heavy atom. The topological polar surface area (TPSA) is 69.2 Å². The van der Waals surface area contributed by atoms with Crippen LogP contribution >= 0.6 is 23.2 Å². The lowest BCUT2D eigenvalue weighted by molar-refractivity contribution is -0.120. The third-order valence-electron chi connectivity index (χ3n) is 4.68. The van der Waals surface area contributed by atoms with Crippen LogP contribution < -0.4 is 19.6 Å². The largest absolute Gasteiger partial charge is 0.488 e. The Morgan fingerprint density at radius 2 is 1.84 bits per heavy atom. The number of amides is 1. The van der Waals surface area contributed by atoms with Crippen molar-refractivity contribution in [2.75, 3.05) is 13.2 Å². The van der Waals surface area contributed by atoms with Crippen molar-refractivity contribution in [3.63, 3.8) is 0 Å². The Bertz CT molecular complexity index is 1150. The van der Waals surface area contributed by atoms with Crippen molar-refractivity contribution in [3.05, 3.63) is 87.4 Å². The summed E-state index contributed by atoms with van der Waals surface area (Å²) in [5.74, 6) is 1.71. The van der Waals surface area contributed by atoms with E-state index in [4.69, 9.17) is 37.4 Å². The van der Waals surface area contributed by atoms with E-state index in [1.54, 1.807) is 24.4 Å². The minimum Gasteiger partial charge on any atom is -0.488 e. The smallest absolute Gasteiger partial charge is 0.244 e. The van der Waals surface area contributed by atoms with Crippen molar-refractivity contribution in [2.24, 2.45) is 5.10 Å². The van der Waals surface area contributed by atoms with Gasteiger partial charge in [-0.3, -0.25) is 4.79 Å². The van der Waals surface area contributed by atoms with Gasteiger partial charge in [-0.05, 0) is 42.0 Å². The molecule has 3 aromatic carbocycles. The first kappa shape index (κ1) is 22.0. The number of carbonyl (C=O) groups is 1. The number of hydrogen-bond acceptors (Lipinski definition) is 5. The monoisotopic (exact) mass is 470 g/mol. The normalized spacial score (nSPS) is 12.6. The van der Waals surface area contributed by atoms with Gasteiger partial charge in [-0.2, -0.15) is 5.10 Å². The van der Waals surface area contributed by atoms with Gasteiger partial charge in [0.15, 0.2) is 11.5 Å². The molecule has 1 heterocycles. The molecule has 1 aliphatic heterocycles. The minimum absolute atomic E-state index is 0.168. The Hall–Kier alpha value is -3.22. The number of hydrazone groups is 1. The lowest BCUT2D eigenvalue weighted by Crippen LogP contribution is -2.20. The van der Waals surface area contributed by atoms with Crippen molar-refractivity contribution < 1.29 is 19.0 Å². The van der Waals surface area contributed by atoms with E-state index in [9.17, 15) is 4.79 Å². The molecule has 0 aliphatic carbocycles. The molecule has 1 amide bonds. The third-order valence-corrected chi connectivity index (χ3v) is 5.27. The number of nitrogens with zero attached hydrogens (tertiary/aromatic N) is 1. The number of fused-ring (bicyclic) bond motifs is 1. The predicted molar refractivity (Wildman–Crippen MR) is 124 cm³/mol. The molecule has 0 bridgehead atoms. The molecule has 0 spiro atoms. The van der Waals surface area contributed by atoms with Crippen molar-refractivity contribution >= 4 is 35.3 Å². The fourth-order valence-corrected chi connectivity index (χ4v) is 3.57. The second-order valence-electron chi connectivity index (χ2n) is 7.01. The molecule has 1 N–H and O–H groups in total. The van der Waals surface area contributed by atoms with E-state index in [1.807, 2.05) is 42.5 Å². The number of benzene rings is 3. The highest BCUT2D eigenvalue weighted by Crippen LogP contribution is 2.30. The van der Waals surface area contributed by atoms with Crippen molar-refractivity contribution in [1.29, 1.82) is 0 Å². The van der Waals surface area contributed by atoms with Crippen LogP contribution in [0.2, 0.25) is 10.0 Å². The Balaban J connectivity index is 1.34. The number of para-hydroxylation sites is 1. The summed E-state index contributed by atoms with van der Waals surface area (Å²) in [6.07, 6.45) is 1.71. The zero-order chi connectivity index (χ0) is 22.3. The molecule has 1 aliphatic rings. The Labute approximate surface area is 195 Å². The quantitative estimate of drug-likeness (QED) is 0.388. The van der Waals surface area contributed by atoms with Gasteiger partial charge in [0.25, 0.3) is 0 Å². The number of rotatable bonds is 7. The van der Waals surface area contributed by atoms with Gasteiger partial charge in [-0.1, -0.05) is 47.5 Å². The standard InChI is InChI=1S/C24H20Cl2N2O4/c25-19-7-6-18(20(26)13-19)15-32-21-4-2-1-3-17(21)14-27-28-24(29)12-16-5-8-22-23(11-16)31-10-9-30-22/h1-8,11,13-14H,9-10,12,15H2,(H,28,29)/b27-14+. The van der Waals surface area contributed by atoms with Crippen LogP contribution in [-0.4, -0.2) is 25.3 Å². The summed E-state index contributed by atoms with van der Waals surface area (Å²) in [5, 5.41) is 5.17. The zero-order valence-corrected chi connectivity index (χ0v) is 18.5. The van der Waals surface area contributed by atoms with Crippen LogP contribution in [0.15, 0.2) is 65.8 Å². The molecule has 6 nitrogen and oxygen atoms in total. The number of halogens is 2. The van der Waals surface area contributed by atoms with Crippen molar-refractivity contribution in [2.45, 2.75) is 13.0 Å². The van der Waals surface area contributed by atoms with Crippen LogP contribution in [0, 0.1) is 0 Å². The van der Waals surface area contributed by atoms with Gasteiger partial charge in [0.1, 0.15) is 25.6 Å². The first-order valence-corrected chi connectivity index (χ1v) is 10.7. The van der Waals surface area contributed by atoms with E-state index in [0.717, 1.165) is 16.7 Å². The van der Waals surface area contributed by atoms with Crippen LogP contribution in [0.3, 0.4) is 0 Å². The second-order valence-corrected chi connectivity index (χ2v) is 7.85. The highest BCUT2D eigenvalue weighted by Gasteiger charge is 2.13. The minimum atomic E-state index is -0.246. The van der Waals surface area contributed by atoms with Gasteiger partial charge in [0.2, 0.25) is 5.91 Å². The molecule has 0 atom stereocenters. The van der Waals surface area contributed by atoms with E-state index < -0.39 is 0 Å². The van der Waals surface area contributed by atoms with Gasteiger partial charge in [0, 0.05) is 21.2 Å². The van der Waals surface area contributed by atoms with E-state index in [-0.39, 0.29) is 18.9 Å². The molecule has 0 unspecified atom stereocenters. The molecular formula is C24H20Cl2N2O4. The summed E-state index contributed by atoms with van der Waals surface area (Å²) in [4.78, 5) is 12.3. The summed E-state index contributed by atoms with van der Waals surface area (Å²) >= 11 is 12.1. The maximum atomic E-state index is 12.3. The van der Waals surface area contributed by atoms with Crippen LogP contribution in [0.5, 0.6) is 17.2 Å². The molecule has 4 rings (SSSR count). The number of nitrogens with one attached hydrogen (secondary N) is 1. The third kappa shape index (κ3) is 5.72. The van der Waals surface area contributed by atoms with Crippen LogP contribution in [-0.2, 0) is 17.8 Å². The van der Waals surface area contributed by atoms with Gasteiger partial charge in [-0.25, -0.2) is 5.43 Å². The summed E-state index contributed by atoms with van der Waals surface area (Å²) in [6.45, 7) is 1.30. The SMILES string of the molecule is O=C(Cc1ccc2c(c1)OCCO2)N/N=C/c1ccccc1OCc1ccc(Cl)cc1Cl. The van der Waals surface area contributed by atoms with Gasteiger partial charge in [0.05, 0.1) is 12.6 Å². The maximum Gasteiger partial charge on any atom is 0.244 e. The zero-order valence-electron chi connectivity index (χ0n) is 17.0. The summed E-state index contributed by atoms with van der Waals surface area (Å²) in [7, 11) is 0. The van der Waals surface area contributed by atoms with E-state index in [2.05, 4.69) is 10.5 Å². The average Bonchev–Trinajstić information content (AvgIpc) is 2.79. The molecule has 0 saturated heterocycles. The highest BCUT2D eigenvalue weighted by molar-refractivity contribution is 6.35. The lowest BCUT2D eigenvalue weighted by Gasteiger charge is -2.18. The summed E-state index contributed by atoms with van der Waals surface area (Å²) < 4.78 is 16.9. The van der Waals surface area contributed by atoms with E-state index in [1.165, 1.54) is 0 Å². The molecular weight excluding hydrogens is 451 g/mol. The van der Waals surface area contributed by atoms with Gasteiger partial charge in [-0.15, -0.1) is 0 Å². The van der Waals surface area contributed by atoms with Gasteiger partial charge < -0.3 is 14.2 Å². The molecule has 0 aromatic heterocycles. The molecule has 0 radical (unpaired) electrons. The fourth-order valence-electron chi connectivity index (χ4n) is 3.11. The fraction of sp³-hybridized carbons (Fsp3) is 0.167. The number of hydrogen-bond donors (Lipinski definition) is 1. The lowest BCUT2D eigenvalue weighted by atomic mass is 10.1. The second kappa shape index (κ2) is 10.4. The molecule has 3 aromatic rings. The first-order valence-electron chi connectivity index (χ1n) is 9.95. The van der Waals surface area contributed by atoms with Crippen molar-refractivity contribution in [3.8, 4) is 17.2 Å². The van der Waals surface area contributed by atoms with Gasteiger partial charge >= 0.3 is 0 Å². The van der Waals surface area contributed by atoms with E-state index in [0.29, 0.717) is 40.5 Å². The Morgan fingerprint density at radius 3 is 2.69 bits per heavy atom. The van der Waals surface area contributed by atoms with Crippen LogP contribution in [0.1, 0.15) is 16.7 Å². The van der Waals surface area contributed by atoms with E-state index >= 15 is 0 Å². The first-order chi connectivity index (χ1) is 15.6.